The fourth-order valence-corrected chi connectivity index (χ4v) is 5.17. The molecule has 0 radical (unpaired) electrons. The van der Waals surface area contributed by atoms with Crippen LogP contribution in [0.1, 0.15) is 0 Å². The van der Waals surface area contributed by atoms with Crippen molar-refractivity contribution in [2.75, 3.05) is 19.5 Å². The summed E-state index contributed by atoms with van der Waals surface area (Å²) in [6.07, 6.45) is 1.23. The van der Waals surface area contributed by atoms with Gasteiger partial charge >= 0.3 is 7.60 Å². The lowest BCUT2D eigenvalue weighted by atomic mass is 10.8. The quantitative estimate of drug-likeness (QED) is 0.532. The fourth-order valence-electron chi connectivity index (χ4n) is 0.643. The van der Waals surface area contributed by atoms with Crippen molar-refractivity contribution in [2.24, 2.45) is 0 Å². The molecule has 0 rings (SSSR count). The Bertz CT molecular complexity index is 253. The Morgan fingerprint density at radius 2 is 1.69 bits per heavy atom. The molecule has 0 aliphatic carbocycles. The maximum atomic E-state index is 11.6. The SMILES string of the molecule is C=CCP(=O)(O[PH](C)=O)O[PH](C)=O. The highest BCUT2D eigenvalue weighted by Gasteiger charge is 2.25. The first kappa shape index (κ1) is 13.4. The van der Waals surface area contributed by atoms with E-state index in [1.807, 2.05) is 0 Å². The summed E-state index contributed by atoms with van der Waals surface area (Å²) in [5, 5.41) is 0. The normalized spacial score (nSPS) is 20.2. The average Bonchev–Trinajstić information content (AvgIpc) is 1.81. The highest BCUT2D eigenvalue weighted by molar-refractivity contribution is 7.66. The van der Waals surface area contributed by atoms with Gasteiger partial charge in [0.2, 0.25) is 0 Å². The molecule has 0 aromatic carbocycles. The van der Waals surface area contributed by atoms with E-state index in [0.29, 0.717) is 0 Å². The summed E-state index contributed by atoms with van der Waals surface area (Å²) in [5.74, 6) is 0. The number of hydrogen-bond acceptors (Lipinski definition) is 5. The van der Waals surface area contributed by atoms with Crippen molar-refractivity contribution in [1.29, 1.82) is 0 Å². The van der Waals surface area contributed by atoms with E-state index in [2.05, 4.69) is 15.2 Å². The summed E-state index contributed by atoms with van der Waals surface area (Å²) in [5.41, 5.74) is 0. The van der Waals surface area contributed by atoms with E-state index in [0.717, 1.165) is 0 Å². The van der Waals surface area contributed by atoms with Gasteiger partial charge < -0.3 is 0 Å². The predicted octanol–water partition coefficient (Wildman–Crippen LogP) is 2.61. The van der Waals surface area contributed by atoms with Gasteiger partial charge in [-0.3, -0.25) is 22.3 Å². The van der Waals surface area contributed by atoms with Crippen LogP contribution in [0.4, 0.5) is 0 Å². The molecule has 0 aromatic heterocycles. The van der Waals surface area contributed by atoms with Gasteiger partial charge in [-0.25, -0.2) is 0 Å². The lowest BCUT2D eigenvalue weighted by Crippen LogP contribution is -1.88. The Kier molecular flexibility index (Phi) is 6.11. The second-order valence-electron chi connectivity index (χ2n) is 2.25. The molecule has 0 fully saturated rings. The molecule has 0 bridgehead atoms. The Hall–Kier alpha value is 0.350. The Morgan fingerprint density at radius 3 is 1.92 bits per heavy atom. The van der Waals surface area contributed by atoms with Crippen molar-refractivity contribution in [3.05, 3.63) is 12.7 Å². The summed E-state index contributed by atoms with van der Waals surface area (Å²) in [4.78, 5) is 0. The number of hydrogen-bond donors (Lipinski definition) is 0. The molecule has 0 saturated carbocycles. The van der Waals surface area contributed by atoms with Crippen LogP contribution in [0.2, 0.25) is 0 Å². The molecular formula is C5H13O5P3. The Balaban J connectivity index is 4.51. The Labute approximate surface area is 78.8 Å². The van der Waals surface area contributed by atoms with E-state index < -0.39 is 23.7 Å². The van der Waals surface area contributed by atoms with Gasteiger partial charge in [-0.15, -0.1) is 6.58 Å². The molecule has 0 aromatic rings. The standard InChI is InChI=1S/C5H13O5P3/c1-4-5-13(8,9-11(2)6)10-12(3)7/h4,11-12H,1,5H2,2-3H3. The van der Waals surface area contributed by atoms with Gasteiger partial charge in [0.25, 0.3) is 0 Å². The fraction of sp³-hybridized carbons (Fsp3) is 0.600. The molecule has 0 aliphatic rings. The molecule has 0 amide bonds. The molecule has 2 unspecified atom stereocenters. The van der Waals surface area contributed by atoms with Crippen LogP contribution < -0.4 is 0 Å². The van der Waals surface area contributed by atoms with E-state index in [-0.39, 0.29) is 6.16 Å². The first-order chi connectivity index (χ1) is 5.89. The van der Waals surface area contributed by atoms with Crippen LogP contribution in [-0.2, 0) is 22.3 Å². The zero-order valence-electron chi connectivity index (χ0n) is 7.48. The number of rotatable bonds is 6. The summed E-state index contributed by atoms with van der Waals surface area (Å²) in [6.45, 7) is 5.92. The van der Waals surface area contributed by atoms with Crippen molar-refractivity contribution >= 4 is 23.7 Å². The van der Waals surface area contributed by atoms with Gasteiger partial charge in [0.15, 0.2) is 16.1 Å². The van der Waals surface area contributed by atoms with Crippen molar-refractivity contribution in [1.82, 2.24) is 0 Å². The van der Waals surface area contributed by atoms with Crippen LogP contribution >= 0.6 is 23.7 Å². The van der Waals surface area contributed by atoms with Crippen molar-refractivity contribution in [3.63, 3.8) is 0 Å². The Morgan fingerprint density at radius 1 is 1.31 bits per heavy atom. The maximum Gasteiger partial charge on any atom is 0.345 e. The third-order valence-corrected chi connectivity index (χ3v) is 5.88. The van der Waals surface area contributed by atoms with Gasteiger partial charge in [-0.1, -0.05) is 6.08 Å². The third-order valence-electron chi connectivity index (χ3n) is 0.888. The second-order valence-corrected chi connectivity index (χ2v) is 7.26. The minimum Gasteiger partial charge on any atom is -0.296 e. The van der Waals surface area contributed by atoms with Gasteiger partial charge in [0.05, 0.1) is 6.16 Å². The lowest BCUT2D eigenvalue weighted by Gasteiger charge is -2.13. The van der Waals surface area contributed by atoms with E-state index >= 15 is 0 Å². The van der Waals surface area contributed by atoms with Gasteiger partial charge in [0, 0.05) is 13.3 Å². The molecule has 5 nitrogen and oxygen atoms in total. The molecule has 0 spiro atoms. The van der Waals surface area contributed by atoms with Crippen LogP contribution in [0, 0.1) is 0 Å². The largest absolute Gasteiger partial charge is 0.345 e. The van der Waals surface area contributed by atoms with Crippen LogP contribution in [0.15, 0.2) is 12.7 Å². The summed E-state index contributed by atoms with van der Waals surface area (Å²) >= 11 is 0. The lowest BCUT2D eigenvalue weighted by molar-refractivity contribution is 0.398. The molecule has 2 atom stereocenters. The summed E-state index contributed by atoms with van der Waals surface area (Å²) < 4.78 is 42.2. The molecule has 0 aliphatic heterocycles. The highest BCUT2D eigenvalue weighted by atomic mass is 31.3. The van der Waals surface area contributed by atoms with E-state index in [1.165, 1.54) is 19.4 Å². The van der Waals surface area contributed by atoms with Crippen LogP contribution in [0.25, 0.3) is 0 Å². The summed E-state index contributed by atoms with van der Waals surface area (Å²) in [7, 11) is -8.22. The first-order valence-corrected chi connectivity index (χ1v) is 8.86. The molecule has 8 heteroatoms. The molecule has 0 heterocycles. The average molecular weight is 246 g/mol. The highest BCUT2D eigenvalue weighted by Crippen LogP contribution is 2.59. The van der Waals surface area contributed by atoms with Crippen molar-refractivity contribution in [3.8, 4) is 0 Å². The van der Waals surface area contributed by atoms with E-state index in [9.17, 15) is 13.7 Å². The molecular weight excluding hydrogens is 233 g/mol. The minimum absolute atomic E-state index is 0.0819. The third kappa shape index (κ3) is 6.42. The van der Waals surface area contributed by atoms with E-state index in [1.54, 1.807) is 0 Å². The van der Waals surface area contributed by atoms with Gasteiger partial charge in [-0.2, -0.15) is 0 Å². The minimum atomic E-state index is -3.48. The zero-order chi connectivity index (χ0) is 10.5. The van der Waals surface area contributed by atoms with Gasteiger partial charge in [0.1, 0.15) is 0 Å². The van der Waals surface area contributed by atoms with Crippen LogP contribution in [-0.4, -0.2) is 19.5 Å². The van der Waals surface area contributed by atoms with Crippen molar-refractivity contribution in [2.45, 2.75) is 0 Å². The number of allylic oxidation sites excluding steroid dienone is 1. The topological polar surface area (TPSA) is 69.7 Å². The predicted molar refractivity (Wildman–Crippen MR) is 54.7 cm³/mol. The first-order valence-electron chi connectivity index (χ1n) is 3.50. The van der Waals surface area contributed by atoms with E-state index in [4.69, 9.17) is 0 Å². The zero-order valence-corrected chi connectivity index (χ0v) is 10.4. The van der Waals surface area contributed by atoms with Crippen molar-refractivity contribution < 1.29 is 22.3 Å². The molecule has 0 N–H and O–H groups in total. The van der Waals surface area contributed by atoms with Crippen LogP contribution in [0.5, 0.6) is 0 Å². The second kappa shape index (κ2) is 5.95. The van der Waals surface area contributed by atoms with Gasteiger partial charge in [-0.05, 0) is 0 Å². The van der Waals surface area contributed by atoms with Crippen LogP contribution in [0.3, 0.4) is 0 Å². The summed E-state index contributed by atoms with van der Waals surface area (Å²) in [6, 6.07) is 0. The smallest absolute Gasteiger partial charge is 0.296 e. The monoisotopic (exact) mass is 246 g/mol. The molecule has 78 valence electrons. The molecule has 13 heavy (non-hydrogen) atoms. The molecule has 0 saturated heterocycles. The maximum absolute atomic E-state index is 11.6.